The van der Waals surface area contributed by atoms with Crippen LogP contribution < -0.4 is 5.32 Å². The summed E-state index contributed by atoms with van der Waals surface area (Å²) in [6, 6.07) is 10.6. The van der Waals surface area contributed by atoms with Crippen molar-refractivity contribution in [2.24, 2.45) is 0 Å². The van der Waals surface area contributed by atoms with Crippen LogP contribution >= 0.6 is 11.8 Å². The molecule has 0 bridgehead atoms. The summed E-state index contributed by atoms with van der Waals surface area (Å²) in [6.45, 7) is 6.24. The Labute approximate surface area is 181 Å². The maximum Gasteiger partial charge on any atom is 0.233 e. The van der Waals surface area contributed by atoms with E-state index in [2.05, 4.69) is 57.1 Å². The number of carbonyl (C=O) groups is 1. The minimum absolute atomic E-state index is 0.0551. The van der Waals surface area contributed by atoms with Gasteiger partial charge >= 0.3 is 0 Å². The molecule has 2 aromatic heterocycles. The second kappa shape index (κ2) is 9.00. The van der Waals surface area contributed by atoms with Gasteiger partial charge in [-0.3, -0.25) is 14.3 Å². The molecule has 0 unspecified atom stereocenters. The van der Waals surface area contributed by atoms with Gasteiger partial charge in [-0.15, -0.1) is 10.2 Å². The summed E-state index contributed by atoms with van der Waals surface area (Å²) in [6.07, 6.45) is 7.51. The molecule has 1 aliphatic rings. The Morgan fingerprint density at radius 1 is 1.17 bits per heavy atom. The summed E-state index contributed by atoms with van der Waals surface area (Å²) in [5.74, 6) is 0.801. The van der Waals surface area contributed by atoms with Crippen LogP contribution in [0, 0.1) is 0 Å². The molecule has 1 aromatic carbocycles. The van der Waals surface area contributed by atoms with Gasteiger partial charge in [0.05, 0.1) is 10.9 Å². The van der Waals surface area contributed by atoms with Gasteiger partial charge in [-0.05, 0) is 55.9 Å². The molecule has 1 N–H and O–H groups in total. The van der Waals surface area contributed by atoms with Gasteiger partial charge in [-0.2, -0.15) is 0 Å². The number of amides is 1. The van der Waals surface area contributed by atoms with Crippen LogP contribution in [-0.4, -0.2) is 36.9 Å². The van der Waals surface area contributed by atoms with Crippen LogP contribution in [0.25, 0.3) is 17.1 Å². The second-order valence-electron chi connectivity index (χ2n) is 7.56. The van der Waals surface area contributed by atoms with E-state index in [0.29, 0.717) is 6.04 Å². The third-order valence-electron chi connectivity index (χ3n) is 5.32. The Kier molecular flexibility index (Phi) is 6.18. The van der Waals surface area contributed by atoms with Crippen molar-refractivity contribution >= 4 is 17.7 Å². The molecule has 0 radical (unpaired) electrons. The summed E-state index contributed by atoms with van der Waals surface area (Å²) in [7, 11) is 0. The van der Waals surface area contributed by atoms with Crippen molar-refractivity contribution < 1.29 is 4.79 Å². The van der Waals surface area contributed by atoms with Crippen LogP contribution in [0.2, 0.25) is 0 Å². The topological polar surface area (TPSA) is 72.7 Å². The summed E-state index contributed by atoms with van der Waals surface area (Å²) < 4.78 is 2.11. The van der Waals surface area contributed by atoms with E-state index in [1.807, 2.05) is 19.1 Å². The second-order valence-corrected chi connectivity index (χ2v) is 8.87. The van der Waals surface area contributed by atoms with Crippen molar-refractivity contribution in [1.82, 2.24) is 25.1 Å². The zero-order valence-corrected chi connectivity index (χ0v) is 18.4. The molecule has 0 spiro atoms. The number of nitrogens with one attached hydrogen (secondary N) is 1. The van der Waals surface area contributed by atoms with Crippen LogP contribution in [0.15, 0.2) is 47.9 Å². The molecule has 30 heavy (non-hydrogen) atoms. The highest BCUT2D eigenvalue weighted by atomic mass is 32.2. The molecule has 1 aliphatic carbocycles. The summed E-state index contributed by atoms with van der Waals surface area (Å²) in [5, 5.41) is 12.6. The van der Waals surface area contributed by atoms with E-state index in [-0.39, 0.29) is 11.2 Å². The van der Waals surface area contributed by atoms with Crippen LogP contribution in [0.3, 0.4) is 0 Å². The molecule has 0 saturated heterocycles. The zero-order valence-electron chi connectivity index (χ0n) is 17.6. The van der Waals surface area contributed by atoms with Gasteiger partial charge in [-0.25, -0.2) is 0 Å². The van der Waals surface area contributed by atoms with Gasteiger partial charge in [0.25, 0.3) is 0 Å². The summed E-state index contributed by atoms with van der Waals surface area (Å²) >= 11 is 1.45. The monoisotopic (exact) mass is 421 g/mol. The molecule has 156 valence electrons. The maximum absolute atomic E-state index is 12.6. The van der Waals surface area contributed by atoms with E-state index >= 15 is 0 Å². The van der Waals surface area contributed by atoms with Crippen molar-refractivity contribution in [2.75, 3.05) is 0 Å². The molecule has 1 atom stereocenters. The van der Waals surface area contributed by atoms with E-state index < -0.39 is 0 Å². The van der Waals surface area contributed by atoms with Crippen molar-refractivity contribution in [3.63, 3.8) is 0 Å². The molecule has 1 amide bonds. The zero-order chi connectivity index (χ0) is 21.1. The lowest BCUT2D eigenvalue weighted by molar-refractivity contribution is -0.120. The Morgan fingerprint density at radius 2 is 1.90 bits per heavy atom. The number of pyridine rings is 1. The van der Waals surface area contributed by atoms with Crippen molar-refractivity contribution in [1.29, 1.82) is 0 Å². The first-order chi connectivity index (χ1) is 14.6. The Morgan fingerprint density at radius 3 is 2.50 bits per heavy atom. The molecule has 1 fully saturated rings. The van der Waals surface area contributed by atoms with Crippen LogP contribution in [0.1, 0.15) is 44.7 Å². The fraction of sp³-hybridized carbons (Fsp3) is 0.391. The molecule has 0 aliphatic heterocycles. The molecule has 1 saturated carbocycles. The SMILES string of the molecule is CCc1cccc(CC)c1-n1c(S[C@H](C)C(=O)NC2CC2)nnc1-c1cccnc1. The standard InChI is InChI=1S/C23H27N5OS/c1-4-16-8-6-9-17(5-2)20(16)28-21(18-10-7-13-24-14-18)26-27-23(28)30-15(3)22(29)25-19-11-12-19/h6-10,13-15,19H,4-5,11-12H2,1-3H3,(H,25,29)/t15-/m1/s1. The fourth-order valence-electron chi connectivity index (χ4n) is 3.49. The highest BCUT2D eigenvalue weighted by molar-refractivity contribution is 8.00. The number of hydrogen-bond acceptors (Lipinski definition) is 5. The van der Waals surface area contributed by atoms with Crippen LogP contribution in [0.4, 0.5) is 0 Å². The van der Waals surface area contributed by atoms with Gasteiger partial charge in [0.15, 0.2) is 11.0 Å². The lowest BCUT2D eigenvalue weighted by Gasteiger charge is -2.19. The molecule has 7 heteroatoms. The van der Waals surface area contributed by atoms with Crippen molar-refractivity contribution in [3.8, 4) is 17.1 Å². The Balaban J connectivity index is 1.81. The smallest absolute Gasteiger partial charge is 0.233 e. The van der Waals surface area contributed by atoms with Gasteiger partial charge < -0.3 is 5.32 Å². The third-order valence-corrected chi connectivity index (χ3v) is 6.36. The molecular weight excluding hydrogens is 394 g/mol. The van der Waals surface area contributed by atoms with Gasteiger partial charge in [0.2, 0.25) is 5.91 Å². The molecule has 2 heterocycles. The average Bonchev–Trinajstić information content (AvgIpc) is 3.50. The largest absolute Gasteiger partial charge is 0.352 e. The number of para-hydroxylation sites is 1. The number of hydrogen-bond donors (Lipinski definition) is 1. The summed E-state index contributed by atoms with van der Waals surface area (Å²) in [5.41, 5.74) is 4.48. The minimum Gasteiger partial charge on any atom is -0.352 e. The fourth-order valence-corrected chi connectivity index (χ4v) is 4.35. The first-order valence-electron chi connectivity index (χ1n) is 10.6. The molecule has 3 aromatic rings. The van der Waals surface area contributed by atoms with Gasteiger partial charge in [0, 0.05) is 24.0 Å². The number of aryl methyl sites for hydroxylation is 2. The predicted octanol–water partition coefficient (Wildman–Crippen LogP) is 4.21. The highest BCUT2D eigenvalue weighted by Crippen LogP contribution is 2.33. The van der Waals surface area contributed by atoms with Gasteiger partial charge in [-0.1, -0.05) is 43.8 Å². The number of benzene rings is 1. The van der Waals surface area contributed by atoms with E-state index in [1.54, 1.807) is 12.4 Å². The first kappa shape index (κ1) is 20.6. The number of thioether (sulfide) groups is 1. The lowest BCUT2D eigenvalue weighted by atomic mass is 10.0. The van der Waals surface area contributed by atoms with Crippen LogP contribution in [0.5, 0.6) is 0 Å². The van der Waals surface area contributed by atoms with E-state index in [1.165, 1.54) is 22.9 Å². The Hall–Kier alpha value is -2.67. The normalized spacial score (nSPS) is 14.5. The average molecular weight is 422 g/mol. The van der Waals surface area contributed by atoms with Crippen molar-refractivity contribution in [2.45, 2.75) is 62.9 Å². The van der Waals surface area contributed by atoms with E-state index in [9.17, 15) is 4.79 Å². The van der Waals surface area contributed by atoms with E-state index in [0.717, 1.165) is 47.9 Å². The first-order valence-corrected chi connectivity index (χ1v) is 11.4. The number of nitrogens with zero attached hydrogens (tertiary/aromatic N) is 4. The molecule has 6 nitrogen and oxygen atoms in total. The van der Waals surface area contributed by atoms with Crippen LogP contribution in [-0.2, 0) is 17.6 Å². The quantitative estimate of drug-likeness (QED) is 0.552. The number of aromatic nitrogens is 4. The maximum atomic E-state index is 12.6. The van der Waals surface area contributed by atoms with E-state index in [4.69, 9.17) is 0 Å². The third kappa shape index (κ3) is 4.26. The molecular formula is C23H27N5OS. The van der Waals surface area contributed by atoms with Crippen molar-refractivity contribution in [3.05, 3.63) is 53.9 Å². The Bertz CT molecular complexity index is 1010. The minimum atomic E-state index is -0.255. The predicted molar refractivity (Wildman–Crippen MR) is 120 cm³/mol. The molecule has 4 rings (SSSR count). The lowest BCUT2D eigenvalue weighted by Crippen LogP contribution is -2.32. The number of carbonyl (C=O) groups excluding carboxylic acids is 1. The summed E-state index contributed by atoms with van der Waals surface area (Å²) in [4.78, 5) is 16.8. The highest BCUT2D eigenvalue weighted by Gasteiger charge is 2.28. The van der Waals surface area contributed by atoms with Gasteiger partial charge in [0.1, 0.15) is 0 Å². The number of rotatable bonds is 8.